The van der Waals surface area contributed by atoms with E-state index in [0.717, 1.165) is 29.0 Å². The van der Waals surface area contributed by atoms with Crippen molar-refractivity contribution < 1.29 is 80.5 Å². The molecule has 0 saturated carbocycles. The zero-order valence-electron chi connectivity index (χ0n) is 29.3. The zero-order chi connectivity index (χ0) is 41.4. The molecule has 0 radical (unpaired) electrons. The first-order chi connectivity index (χ1) is 25.5. The average molecular weight is 885 g/mol. The second-order valence-corrected chi connectivity index (χ2v) is 18.5. The number of rotatable bonds is 22. The summed E-state index contributed by atoms with van der Waals surface area (Å²) in [4.78, 5) is 87.3. The third kappa shape index (κ3) is 14.3. The van der Waals surface area contributed by atoms with Crippen LogP contribution in [0.3, 0.4) is 0 Å². The number of nitrogens with two attached hydrogens (primary N) is 2. The maximum absolute atomic E-state index is 12.7. The highest BCUT2D eigenvalue weighted by Crippen LogP contribution is 2.61. The normalized spacial score (nSPS) is 22.4. The van der Waals surface area contributed by atoms with Crippen LogP contribution in [0.25, 0.3) is 11.2 Å². The quantitative estimate of drug-likeness (QED) is 0.0468. The van der Waals surface area contributed by atoms with Gasteiger partial charge in [-0.25, -0.2) is 28.6 Å². The molecule has 25 nitrogen and oxygen atoms in total. The highest BCUT2D eigenvalue weighted by molar-refractivity contribution is 8.13. The number of phosphoric acid groups is 3. The van der Waals surface area contributed by atoms with Gasteiger partial charge in [-0.2, -0.15) is 16.1 Å². The Morgan fingerprint density at radius 3 is 2.40 bits per heavy atom. The fraction of sp³-hybridized carbons (Fsp3) is 0.680. The summed E-state index contributed by atoms with van der Waals surface area (Å²) in [5, 5.41) is 26.1. The van der Waals surface area contributed by atoms with E-state index in [-0.39, 0.29) is 47.4 Å². The number of nitrogen functional groups attached to an aromatic ring is 1. The number of anilines is 1. The number of thioether (sulfide) groups is 2. The molecule has 12 N–H and O–H groups in total. The zero-order valence-corrected chi connectivity index (χ0v) is 33.7. The van der Waals surface area contributed by atoms with Crippen molar-refractivity contribution in [2.45, 2.75) is 57.0 Å². The molecule has 0 aromatic carbocycles. The molecule has 2 aromatic rings. The lowest BCUT2D eigenvalue weighted by Gasteiger charge is -2.30. The van der Waals surface area contributed by atoms with Crippen molar-refractivity contribution in [3.63, 3.8) is 0 Å². The maximum atomic E-state index is 12.7. The Morgan fingerprint density at radius 2 is 1.75 bits per heavy atom. The van der Waals surface area contributed by atoms with Crippen molar-refractivity contribution in [2.75, 3.05) is 49.8 Å². The van der Waals surface area contributed by atoms with Gasteiger partial charge < -0.3 is 56.6 Å². The van der Waals surface area contributed by atoms with Crippen LogP contribution in [0.4, 0.5) is 5.82 Å². The molecule has 55 heavy (non-hydrogen) atoms. The number of carbonyl (C=O) groups excluding carboxylic acids is 3. The molecule has 3 heterocycles. The largest absolute Gasteiger partial charge is 0.481 e. The van der Waals surface area contributed by atoms with Gasteiger partial charge in [-0.05, 0) is 6.26 Å². The number of carbonyl (C=O) groups is 3. The lowest BCUT2D eigenvalue weighted by Crippen LogP contribution is -2.46. The van der Waals surface area contributed by atoms with Crippen LogP contribution in [0.1, 0.15) is 26.5 Å². The Morgan fingerprint density at radius 1 is 1.07 bits per heavy atom. The predicted molar refractivity (Wildman–Crippen MR) is 193 cm³/mol. The summed E-state index contributed by atoms with van der Waals surface area (Å²) in [7, 11) is -16.4. The van der Waals surface area contributed by atoms with E-state index in [1.54, 1.807) is 0 Å². The van der Waals surface area contributed by atoms with E-state index in [1.807, 2.05) is 6.26 Å². The molecule has 0 bridgehead atoms. The second-order valence-electron chi connectivity index (χ2n) is 12.3. The molecule has 2 amide bonds. The number of nitrogens with one attached hydrogen (secondary N) is 2. The molecule has 312 valence electrons. The molecule has 8 atom stereocenters. The van der Waals surface area contributed by atoms with Crippen molar-refractivity contribution in [2.24, 2.45) is 11.1 Å². The maximum Gasteiger partial charge on any atom is 0.481 e. The van der Waals surface area contributed by atoms with Crippen LogP contribution < -0.4 is 22.1 Å². The first-order valence-electron chi connectivity index (χ1n) is 15.8. The van der Waals surface area contributed by atoms with Gasteiger partial charge in [0.05, 0.1) is 25.6 Å². The molecule has 1 aliphatic rings. The Labute approximate surface area is 321 Å². The molecule has 1 saturated heterocycles. The number of aliphatic hydroxyl groups is 2. The first kappa shape index (κ1) is 47.2. The Hall–Kier alpha value is -2.13. The number of hydrogen-bond acceptors (Lipinski definition) is 20. The monoisotopic (exact) mass is 884 g/mol. The summed E-state index contributed by atoms with van der Waals surface area (Å²) in [6, 6.07) is -0.618. The van der Waals surface area contributed by atoms with Crippen LogP contribution in [0.5, 0.6) is 0 Å². The minimum Gasteiger partial charge on any atom is -0.386 e. The Kier molecular flexibility index (Phi) is 17.2. The molecule has 0 spiro atoms. The molecule has 1 aliphatic heterocycles. The number of aliphatic hydroxyl groups excluding tert-OH is 2. The molecule has 3 rings (SSSR count). The van der Waals surface area contributed by atoms with Gasteiger partial charge in [0.1, 0.15) is 36.3 Å². The van der Waals surface area contributed by atoms with E-state index in [0.29, 0.717) is 5.75 Å². The van der Waals surface area contributed by atoms with Gasteiger partial charge in [0, 0.05) is 36.4 Å². The number of ether oxygens (including phenoxy) is 1. The third-order valence-electron chi connectivity index (χ3n) is 7.40. The van der Waals surface area contributed by atoms with Crippen molar-refractivity contribution in [1.82, 2.24) is 30.2 Å². The van der Waals surface area contributed by atoms with E-state index >= 15 is 0 Å². The summed E-state index contributed by atoms with van der Waals surface area (Å²) in [6.45, 7) is 0.416. The summed E-state index contributed by atoms with van der Waals surface area (Å²) in [6.07, 6.45) is -5.13. The number of imidazole rings is 1. The number of nitrogens with zero attached hydrogens (tertiary/aromatic N) is 4. The van der Waals surface area contributed by atoms with Gasteiger partial charge in [-0.1, -0.05) is 25.6 Å². The second kappa shape index (κ2) is 20.0. The lowest BCUT2D eigenvalue weighted by atomic mass is 9.87. The lowest BCUT2D eigenvalue weighted by molar-refractivity contribution is -0.137. The molecule has 1 fully saturated rings. The van der Waals surface area contributed by atoms with Crippen LogP contribution in [-0.2, 0) is 50.7 Å². The highest BCUT2D eigenvalue weighted by Gasteiger charge is 2.50. The summed E-state index contributed by atoms with van der Waals surface area (Å²) >= 11 is 2.41. The van der Waals surface area contributed by atoms with Gasteiger partial charge in [0.15, 0.2) is 17.7 Å². The van der Waals surface area contributed by atoms with Crippen LogP contribution in [0, 0.1) is 5.41 Å². The van der Waals surface area contributed by atoms with Crippen molar-refractivity contribution >= 4 is 80.9 Å². The van der Waals surface area contributed by atoms with Crippen molar-refractivity contribution in [3.8, 4) is 0 Å². The average Bonchev–Trinajstić information content (AvgIpc) is 3.64. The number of aromatic nitrogens is 4. The minimum atomic E-state index is -5.57. The molecule has 8 unspecified atom stereocenters. The summed E-state index contributed by atoms with van der Waals surface area (Å²) < 4.78 is 62.0. The Balaban J connectivity index is 1.50. The predicted octanol–water partition coefficient (Wildman–Crippen LogP) is -1.64. The topological polar surface area (TPSA) is 390 Å². The van der Waals surface area contributed by atoms with Crippen LogP contribution in [-0.4, -0.2) is 141 Å². The van der Waals surface area contributed by atoms with Crippen LogP contribution in [0.15, 0.2) is 12.7 Å². The minimum absolute atomic E-state index is 0.0282. The van der Waals surface area contributed by atoms with E-state index < -0.39 is 90.6 Å². The number of fused-ring (bicyclic) bond motifs is 1. The van der Waals surface area contributed by atoms with Crippen molar-refractivity contribution in [3.05, 3.63) is 12.7 Å². The van der Waals surface area contributed by atoms with Crippen LogP contribution >= 0.6 is 47.0 Å². The van der Waals surface area contributed by atoms with Gasteiger partial charge in [-0.15, -0.1) is 0 Å². The fourth-order valence-corrected chi connectivity index (χ4v) is 8.78. The van der Waals surface area contributed by atoms with E-state index in [1.165, 1.54) is 25.6 Å². The summed E-state index contributed by atoms with van der Waals surface area (Å²) in [5.41, 5.74) is 9.97. The number of phosphoric ester groups is 3. The SMILES string of the molecule is CSCC(N)C(=O)SCCNC(=O)CCNC(=O)C(O)C(C)(C)COP(=O)(O)OP(=O)(O)OCC1OC(n2cnc3c(N)ncnc32)C(O)C1OP(=O)(O)O. The fourth-order valence-electron chi connectivity index (χ4n) is 4.64. The smallest absolute Gasteiger partial charge is 0.386 e. The molecule has 2 aromatic heterocycles. The van der Waals surface area contributed by atoms with Gasteiger partial charge in [0.25, 0.3) is 0 Å². The highest BCUT2D eigenvalue weighted by atomic mass is 32.2. The van der Waals surface area contributed by atoms with Crippen LogP contribution in [0.2, 0.25) is 0 Å². The molecular weight excluding hydrogens is 841 g/mol. The molecule has 30 heteroatoms. The number of hydrogen-bond donors (Lipinski definition) is 10. The Bertz CT molecular complexity index is 1800. The van der Waals surface area contributed by atoms with Gasteiger partial charge in [0.2, 0.25) is 16.9 Å². The van der Waals surface area contributed by atoms with E-state index in [4.69, 9.17) is 25.3 Å². The van der Waals surface area contributed by atoms with Gasteiger partial charge in [-0.3, -0.25) is 32.5 Å². The van der Waals surface area contributed by atoms with Gasteiger partial charge >= 0.3 is 23.5 Å². The molecular formula is C25H43N8O17P3S2. The van der Waals surface area contributed by atoms with E-state index in [2.05, 4.69) is 34.4 Å². The molecule has 0 aliphatic carbocycles. The standard InChI is InChI=1S/C25H43N8O17P3S2/c1-25(2,19(36)22(37)29-5-4-15(34)28-6-7-55-24(38)13(26)9-54-3)10-47-53(44,45)50-52(42,43)46-8-14-18(49-51(39,40)41)17(35)23(48-14)33-12-32-16-20(27)30-11-31-21(16)33/h11-14,17-19,23,35-36H,4-10,26H2,1-3H3,(H,28,34)(H,29,37)(H,42,43)(H,44,45)(H2,27,30,31)(H2,39,40,41). The van der Waals surface area contributed by atoms with Crippen molar-refractivity contribution in [1.29, 1.82) is 0 Å². The summed E-state index contributed by atoms with van der Waals surface area (Å²) in [5.74, 6) is -0.735. The number of amides is 2. The third-order valence-corrected chi connectivity index (χ3v) is 12.2. The van der Waals surface area contributed by atoms with E-state index in [9.17, 15) is 57.9 Å². The first-order valence-corrected chi connectivity index (χ1v) is 22.7.